The summed E-state index contributed by atoms with van der Waals surface area (Å²) in [6.45, 7) is 1.95. The summed E-state index contributed by atoms with van der Waals surface area (Å²) in [6, 6.07) is 14.7. The van der Waals surface area contributed by atoms with E-state index in [1.165, 1.54) is 32.7 Å². The molecule has 2 aliphatic carbocycles. The molecule has 6 heteroatoms. The number of Topliss-reactive ketones (excluding diaryl/α,β-unsaturated/α-hetero) is 1. The van der Waals surface area contributed by atoms with E-state index in [1.54, 1.807) is 17.4 Å². The van der Waals surface area contributed by atoms with Gasteiger partial charge in [-0.3, -0.25) is 4.79 Å². The summed E-state index contributed by atoms with van der Waals surface area (Å²) in [5, 5.41) is 12.3. The highest BCUT2D eigenvalue weighted by molar-refractivity contribution is 7.09. The molecular formula is C32H27N3O2S. The lowest BCUT2D eigenvalue weighted by molar-refractivity contribution is 0.0937. The number of fused-ring (bicyclic) bond motifs is 5. The van der Waals surface area contributed by atoms with E-state index in [0.717, 1.165) is 30.0 Å². The number of hydrogen-bond acceptors (Lipinski definition) is 6. The summed E-state index contributed by atoms with van der Waals surface area (Å²) in [4.78, 5) is 17.7. The molecule has 0 spiro atoms. The van der Waals surface area contributed by atoms with Crippen LogP contribution in [0.5, 0.6) is 0 Å². The topological polar surface area (TPSA) is 68.0 Å². The average Bonchev–Trinajstić information content (AvgIpc) is 3.52. The fourth-order valence-corrected chi connectivity index (χ4v) is 5.71. The van der Waals surface area contributed by atoms with E-state index in [-0.39, 0.29) is 11.7 Å². The number of carbonyl (C=O) groups is 1. The van der Waals surface area contributed by atoms with Crippen LogP contribution < -0.4 is 15.8 Å². The molecule has 38 heavy (non-hydrogen) atoms. The van der Waals surface area contributed by atoms with Crippen LogP contribution in [0.3, 0.4) is 0 Å². The zero-order chi connectivity index (χ0) is 25.9. The van der Waals surface area contributed by atoms with Crippen LogP contribution >= 0.6 is 11.3 Å². The molecule has 0 bridgehead atoms. The normalized spacial score (nSPS) is 16.4. The van der Waals surface area contributed by atoms with Crippen molar-refractivity contribution in [2.24, 2.45) is 5.92 Å². The number of rotatable bonds is 3. The molecule has 2 aromatic heterocycles. The summed E-state index contributed by atoms with van der Waals surface area (Å²) >= 11 is 1.55. The maximum atomic E-state index is 13.2. The van der Waals surface area contributed by atoms with Gasteiger partial charge in [0.2, 0.25) is 0 Å². The Morgan fingerprint density at radius 1 is 1.00 bits per heavy atom. The number of ketones is 1. The van der Waals surface area contributed by atoms with Gasteiger partial charge in [0.25, 0.3) is 0 Å². The van der Waals surface area contributed by atoms with Crippen LogP contribution in [0.1, 0.15) is 33.0 Å². The Hall–Kier alpha value is -4.29. The molecule has 4 aromatic rings. The standard InChI is InChI=1S/C26H20N2O2S.C6H7N/c1-15-27-24(14-31-15)25-13-23(28-30-25)26(29)18-7-6-17-9-10-20-19-5-3-2-4-16(19)8-11-21(20)22(17)12-18;1-2-4-6-7-5-3-1/h2-5,9-14,18H,6-8H2,1H3;1-7H. The SMILES string of the molecule is C1=CC=CNC=C1.Cc1nc(-c2cc(C(=O)C3C=c4c(ccc5c4=CCc4ccccc4-5)CC3)no2)cs1. The second kappa shape index (κ2) is 10.6. The minimum Gasteiger partial charge on any atom is -0.368 e. The molecule has 0 saturated heterocycles. The highest BCUT2D eigenvalue weighted by Crippen LogP contribution is 2.27. The van der Waals surface area contributed by atoms with Crippen molar-refractivity contribution in [3.05, 3.63) is 117 Å². The van der Waals surface area contributed by atoms with Crippen molar-refractivity contribution < 1.29 is 9.32 Å². The van der Waals surface area contributed by atoms with Gasteiger partial charge in [-0.2, -0.15) is 0 Å². The number of aromatic nitrogens is 2. The van der Waals surface area contributed by atoms with Crippen LogP contribution in [-0.4, -0.2) is 15.9 Å². The fraction of sp³-hybridized carbons (Fsp3) is 0.156. The first kappa shape index (κ1) is 24.1. The second-order valence-electron chi connectivity index (χ2n) is 9.44. The van der Waals surface area contributed by atoms with E-state index < -0.39 is 0 Å². The van der Waals surface area contributed by atoms with E-state index >= 15 is 0 Å². The van der Waals surface area contributed by atoms with Crippen molar-refractivity contribution in [2.75, 3.05) is 0 Å². The van der Waals surface area contributed by atoms with Crippen LogP contribution in [0.2, 0.25) is 0 Å². The fourth-order valence-electron chi connectivity index (χ4n) is 5.11. The Balaban J connectivity index is 0.000000330. The number of aryl methyl sites for hydroxylation is 2. The van der Waals surface area contributed by atoms with Gasteiger partial charge >= 0.3 is 0 Å². The molecule has 1 N–H and O–H groups in total. The van der Waals surface area contributed by atoms with Gasteiger partial charge in [0.05, 0.1) is 5.01 Å². The van der Waals surface area contributed by atoms with E-state index in [4.69, 9.17) is 4.52 Å². The molecule has 0 fully saturated rings. The number of hydrogen-bond donors (Lipinski definition) is 1. The van der Waals surface area contributed by atoms with E-state index in [0.29, 0.717) is 11.5 Å². The van der Waals surface area contributed by atoms with Gasteiger partial charge in [0, 0.05) is 29.8 Å². The molecule has 5 nitrogen and oxygen atoms in total. The first-order chi connectivity index (χ1) is 18.7. The van der Waals surface area contributed by atoms with E-state index in [2.05, 4.69) is 64.0 Å². The third kappa shape index (κ3) is 4.83. The molecule has 0 saturated carbocycles. The Labute approximate surface area is 225 Å². The summed E-state index contributed by atoms with van der Waals surface area (Å²) < 4.78 is 5.43. The van der Waals surface area contributed by atoms with Crippen molar-refractivity contribution in [3.8, 4) is 22.6 Å². The predicted molar refractivity (Wildman–Crippen MR) is 153 cm³/mol. The van der Waals surface area contributed by atoms with Gasteiger partial charge in [-0.05, 0) is 71.0 Å². The molecule has 3 heterocycles. The number of nitrogens with one attached hydrogen (secondary N) is 1. The van der Waals surface area contributed by atoms with Crippen LogP contribution in [0.25, 0.3) is 34.7 Å². The van der Waals surface area contributed by atoms with E-state index in [9.17, 15) is 4.79 Å². The Bertz CT molecular complexity index is 1710. The van der Waals surface area contributed by atoms with Crippen LogP contribution in [0.4, 0.5) is 0 Å². The first-order valence-corrected chi connectivity index (χ1v) is 13.7. The number of carbonyl (C=O) groups excluding carboxylic acids is 1. The summed E-state index contributed by atoms with van der Waals surface area (Å²) in [7, 11) is 0. The molecule has 1 aliphatic heterocycles. The van der Waals surface area contributed by atoms with Crippen molar-refractivity contribution in [2.45, 2.75) is 26.2 Å². The van der Waals surface area contributed by atoms with Gasteiger partial charge in [-0.15, -0.1) is 11.3 Å². The van der Waals surface area contributed by atoms with Crippen LogP contribution in [0.15, 0.2) is 89.1 Å². The Morgan fingerprint density at radius 2 is 1.84 bits per heavy atom. The monoisotopic (exact) mass is 517 g/mol. The van der Waals surface area contributed by atoms with E-state index in [1.807, 2.05) is 49.0 Å². The molecule has 0 radical (unpaired) electrons. The predicted octanol–water partition coefficient (Wildman–Crippen LogP) is 5.51. The van der Waals surface area contributed by atoms with Gasteiger partial charge < -0.3 is 9.84 Å². The lowest BCUT2D eigenvalue weighted by atomic mass is 9.83. The molecule has 1 atom stereocenters. The zero-order valence-corrected chi connectivity index (χ0v) is 21.9. The van der Waals surface area contributed by atoms with Crippen LogP contribution in [0, 0.1) is 12.8 Å². The largest absolute Gasteiger partial charge is 0.368 e. The van der Waals surface area contributed by atoms with Gasteiger partial charge in [-0.25, -0.2) is 4.98 Å². The maximum Gasteiger partial charge on any atom is 0.191 e. The van der Waals surface area contributed by atoms with Crippen LogP contribution in [-0.2, 0) is 12.8 Å². The van der Waals surface area contributed by atoms with Crippen molar-refractivity contribution in [1.29, 1.82) is 0 Å². The number of nitrogens with zero attached hydrogens (tertiary/aromatic N) is 2. The molecule has 3 aliphatic rings. The number of thiazole rings is 1. The minimum absolute atomic E-state index is 0.0152. The van der Waals surface area contributed by atoms with Crippen molar-refractivity contribution in [1.82, 2.24) is 15.5 Å². The maximum absolute atomic E-state index is 13.2. The lowest BCUT2D eigenvalue weighted by Gasteiger charge is -2.21. The van der Waals surface area contributed by atoms with Gasteiger partial charge in [0.1, 0.15) is 5.69 Å². The third-order valence-electron chi connectivity index (χ3n) is 6.99. The minimum atomic E-state index is -0.195. The smallest absolute Gasteiger partial charge is 0.191 e. The molecule has 1 unspecified atom stereocenters. The summed E-state index contributed by atoms with van der Waals surface area (Å²) in [5.41, 5.74) is 6.33. The third-order valence-corrected chi connectivity index (χ3v) is 7.77. The zero-order valence-electron chi connectivity index (χ0n) is 21.1. The first-order valence-electron chi connectivity index (χ1n) is 12.8. The lowest BCUT2D eigenvalue weighted by Crippen LogP contribution is -2.37. The second-order valence-corrected chi connectivity index (χ2v) is 10.5. The van der Waals surface area contributed by atoms with Crippen molar-refractivity contribution >= 4 is 29.3 Å². The molecular weight excluding hydrogens is 490 g/mol. The Kier molecular flexibility index (Phi) is 6.71. The Morgan fingerprint density at radius 3 is 2.66 bits per heavy atom. The van der Waals surface area contributed by atoms with Gasteiger partial charge in [-0.1, -0.05) is 65.9 Å². The summed E-state index contributed by atoms with van der Waals surface area (Å²) in [5.74, 6) is 0.368. The molecule has 0 amide bonds. The number of benzene rings is 2. The quantitative estimate of drug-likeness (QED) is 0.363. The summed E-state index contributed by atoms with van der Waals surface area (Å²) in [6.07, 6.45) is 18.6. The molecule has 2 aromatic carbocycles. The number of allylic oxidation sites excluding steroid dienone is 4. The molecule has 7 rings (SSSR count). The molecule has 188 valence electrons. The van der Waals surface area contributed by atoms with Gasteiger partial charge in [0.15, 0.2) is 17.2 Å². The highest BCUT2D eigenvalue weighted by Gasteiger charge is 2.26. The van der Waals surface area contributed by atoms with Crippen molar-refractivity contribution in [3.63, 3.8) is 0 Å². The highest BCUT2D eigenvalue weighted by atomic mass is 32.1. The average molecular weight is 518 g/mol.